The Bertz CT molecular complexity index is 2170. The maximum atomic E-state index is 15.8. The molecule has 12 nitrogen and oxygen atoms in total. The van der Waals surface area contributed by atoms with Gasteiger partial charge < -0.3 is 34.2 Å². The van der Waals surface area contributed by atoms with Crippen LogP contribution in [-0.4, -0.2) is 73.9 Å². The third-order valence-electron chi connectivity index (χ3n) is 10.3. The van der Waals surface area contributed by atoms with Crippen molar-refractivity contribution in [2.45, 2.75) is 77.9 Å². The van der Waals surface area contributed by atoms with Crippen LogP contribution in [0.2, 0.25) is 0 Å². The van der Waals surface area contributed by atoms with Gasteiger partial charge in [-0.3, -0.25) is 9.59 Å². The summed E-state index contributed by atoms with van der Waals surface area (Å²) < 4.78 is 42.2. The molecule has 0 unspecified atom stereocenters. The van der Waals surface area contributed by atoms with Gasteiger partial charge in [-0.05, 0) is 73.9 Å². The number of H-pyrrole nitrogens is 2. The fourth-order valence-electron chi connectivity index (χ4n) is 7.61. The molecule has 2 fully saturated rings. The Kier molecular flexibility index (Phi) is 10.3. The third kappa shape index (κ3) is 7.21. The van der Waals surface area contributed by atoms with Crippen molar-refractivity contribution >= 4 is 28.9 Å². The number of alkyl carbamates (subject to hydrolysis) is 1. The number of hydrogen-bond acceptors (Lipinski definition) is 7. The lowest BCUT2D eigenvalue weighted by molar-refractivity contribution is -0.135. The lowest BCUT2D eigenvalue weighted by atomic mass is 10.0. The molecule has 14 heteroatoms. The normalized spacial score (nSPS) is 17.9. The topological polar surface area (TPSA) is 149 Å². The lowest BCUT2D eigenvalue weighted by Gasteiger charge is -2.30. The standard InChI is InChI=1S/C40H45F2N7O5/c1-21(2)14-34(50)48-12-6-8-30(48)37-43-19-28(45-37)23-10-11-32-25(15-23)18-33(54-32)35-26(41)16-24(17-27(35)42)29-20-44-38(46-29)31-9-7-13-49(31)39(51)36(22(3)4)47-40(52)53-5/h10-11,15-22,30-31,36H,6-9,12-14H2,1-5H3,(H,43,45)(H,44,46)(H,47,52)/t30-,31-,36-/m0/s1. The lowest BCUT2D eigenvalue weighted by Crippen LogP contribution is -2.51. The zero-order chi connectivity index (χ0) is 38.3. The maximum Gasteiger partial charge on any atom is 0.407 e. The first kappa shape index (κ1) is 36.8. The van der Waals surface area contributed by atoms with E-state index in [2.05, 4.69) is 25.3 Å². The van der Waals surface area contributed by atoms with Crippen molar-refractivity contribution in [3.8, 4) is 33.8 Å². The molecular weight excluding hydrogens is 696 g/mol. The maximum absolute atomic E-state index is 15.8. The first-order valence-corrected chi connectivity index (χ1v) is 18.5. The summed E-state index contributed by atoms with van der Waals surface area (Å²) >= 11 is 0. The Morgan fingerprint density at radius 3 is 2.11 bits per heavy atom. The van der Waals surface area contributed by atoms with Gasteiger partial charge in [-0.25, -0.2) is 23.5 Å². The number of likely N-dealkylation sites (tertiary alicyclic amines) is 2. The van der Waals surface area contributed by atoms with E-state index < -0.39 is 29.8 Å². The molecule has 5 aromatic rings. The second-order valence-electron chi connectivity index (χ2n) is 14.9. The second kappa shape index (κ2) is 15.1. The number of nitrogens with zero attached hydrogens (tertiary/aromatic N) is 4. The smallest absolute Gasteiger partial charge is 0.407 e. The predicted molar refractivity (Wildman–Crippen MR) is 198 cm³/mol. The molecule has 3 atom stereocenters. The van der Waals surface area contributed by atoms with Crippen LogP contribution in [0.15, 0.2) is 53.2 Å². The molecule has 2 aromatic carbocycles. The highest BCUT2D eigenvalue weighted by Gasteiger charge is 2.38. The number of fused-ring (bicyclic) bond motifs is 1. The second-order valence-corrected chi connectivity index (χ2v) is 14.9. The molecule has 0 bridgehead atoms. The highest BCUT2D eigenvalue weighted by atomic mass is 19.1. The Morgan fingerprint density at radius 1 is 0.889 bits per heavy atom. The minimum Gasteiger partial charge on any atom is -0.456 e. The summed E-state index contributed by atoms with van der Waals surface area (Å²) in [6.45, 7) is 8.94. The van der Waals surface area contributed by atoms with E-state index >= 15 is 8.78 Å². The molecule has 3 aromatic heterocycles. The quantitative estimate of drug-likeness (QED) is 0.132. The van der Waals surface area contributed by atoms with Gasteiger partial charge in [0.2, 0.25) is 11.8 Å². The number of ether oxygens (including phenoxy) is 1. The van der Waals surface area contributed by atoms with E-state index in [1.54, 1.807) is 23.2 Å². The molecule has 54 heavy (non-hydrogen) atoms. The summed E-state index contributed by atoms with van der Waals surface area (Å²) in [6.07, 6.45) is 6.18. The first-order chi connectivity index (χ1) is 25.9. The molecule has 0 spiro atoms. The average Bonchev–Trinajstić information content (AvgIpc) is 3.97. The summed E-state index contributed by atoms with van der Waals surface area (Å²) in [5.74, 6) is -0.373. The number of carbonyl (C=O) groups is 3. The van der Waals surface area contributed by atoms with Crippen LogP contribution in [-0.2, 0) is 14.3 Å². The molecule has 0 saturated carbocycles. The van der Waals surface area contributed by atoms with Crippen molar-refractivity contribution in [3.63, 3.8) is 0 Å². The van der Waals surface area contributed by atoms with Crippen LogP contribution in [0.3, 0.4) is 0 Å². The zero-order valence-corrected chi connectivity index (χ0v) is 31.0. The molecule has 2 saturated heterocycles. The number of aromatic nitrogens is 4. The molecule has 7 rings (SSSR count). The van der Waals surface area contributed by atoms with Gasteiger partial charge in [0.1, 0.15) is 40.7 Å². The van der Waals surface area contributed by atoms with Crippen LogP contribution in [0.4, 0.5) is 13.6 Å². The van der Waals surface area contributed by atoms with Crippen LogP contribution >= 0.6 is 0 Å². The van der Waals surface area contributed by atoms with Gasteiger partial charge in [0, 0.05) is 36.0 Å². The zero-order valence-electron chi connectivity index (χ0n) is 31.0. The molecule has 0 radical (unpaired) electrons. The van der Waals surface area contributed by atoms with Crippen molar-refractivity contribution < 1.29 is 32.3 Å². The number of nitrogens with one attached hydrogen (secondary N) is 3. The number of benzene rings is 2. The molecule has 0 aliphatic carbocycles. The summed E-state index contributed by atoms with van der Waals surface area (Å²) in [7, 11) is 1.24. The average molecular weight is 742 g/mol. The molecule has 5 heterocycles. The largest absolute Gasteiger partial charge is 0.456 e. The Hall–Kier alpha value is -5.53. The summed E-state index contributed by atoms with van der Waals surface area (Å²) in [5, 5.41) is 3.28. The van der Waals surface area contributed by atoms with E-state index in [0.717, 1.165) is 36.3 Å². The molecule has 284 valence electrons. The van der Waals surface area contributed by atoms with Crippen molar-refractivity contribution in [2.75, 3.05) is 20.2 Å². The van der Waals surface area contributed by atoms with E-state index in [4.69, 9.17) is 9.15 Å². The van der Waals surface area contributed by atoms with Gasteiger partial charge in [-0.1, -0.05) is 27.7 Å². The highest BCUT2D eigenvalue weighted by molar-refractivity contribution is 5.88. The van der Waals surface area contributed by atoms with E-state index in [0.29, 0.717) is 48.4 Å². The molecule has 2 aliphatic heterocycles. The number of amides is 3. The minimum absolute atomic E-state index is 0.0462. The van der Waals surface area contributed by atoms with Crippen LogP contribution in [0.25, 0.3) is 44.8 Å². The molecule has 2 aliphatic rings. The van der Waals surface area contributed by atoms with Crippen molar-refractivity contribution in [2.24, 2.45) is 11.8 Å². The van der Waals surface area contributed by atoms with E-state index in [-0.39, 0.29) is 46.6 Å². The Morgan fingerprint density at radius 2 is 1.50 bits per heavy atom. The number of imidazole rings is 2. The number of rotatable bonds is 10. The molecule has 3 N–H and O–H groups in total. The minimum atomic E-state index is -0.807. The number of furan rings is 1. The fourth-order valence-corrected chi connectivity index (χ4v) is 7.61. The number of hydrogen-bond donors (Lipinski definition) is 3. The third-order valence-corrected chi connectivity index (χ3v) is 10.3. The Balaban J connectivity index is 1.09. The van der Waals surface area contributed by atoms with Gasteiger partial charge in [-0.15, -0.1) is 0 Å². The van der Waals surface area contributed by atoms with Crippen LogP contribution in [0.5, 0.6) is 0 Å². The van der Waals surface area contributed by atoms with Gasteiger partial charge in [0.05, 0.1) is 48.5 Å². The van der Waals surface area contributed by atoms with Gasteiger partial charge >= 0.3 is 6.09 Å². The van der Waals surface area contributed by atoms with Crippen LogP contribution in [0.1, 0.15) is 83.5 Å². The van der Waals surface area contributed by atoms with Crippen LogP contribution in [0, 0.1) is 23.5 Å². The number of aromatic amines is 2. The summed E-state index contributed by atoms with van der Waals surface area (Å²) in [4.78, 5) is 57.6. The molecular formula is C40H45F2N7O5. The first-order valence-electron chi connectivity index (χ1n) is 18.5. The molecule has 3 amide bonds. The van der Waals surface area contributed by atoms with Gasteiger partial charge in [-0.2, -0.15) is 0 Å². The van der Waals surface area contributed by atoms with E-state index in [1.807, 2.05) is 44.7 Å². The Labute approximate surface area is 311 Å². The number of halogens is 2. The van der Waals surface area contributed by atoms with Crippen molar-refractivity contribution in [1.82, 2.24) is 35.1 Å². The summed E-state index contributed by atoms with van der Waals surface area (Å²) in [6, 6.07) is 8.27. The van der Waals surface area contributed by atoms with Gasteiger partial charge in [0.25, 0.3) is 0 Å². The summed E-state index contributed by atoms with van der Waals surface area (Å²) in [5.41, 5.74) is 2.39. The predicted octanol–water partition coefficient (Wildman–Crippen LogP) is 7.91. The van der Waals surface area contributed by atoms with E-state index in [1.165, 1.54) is 25.4 Å². The van der Waals surface area contributed by atoms with Crippen molar-refractivity contribution in [1.29, 1.82) is 0 Å². The SMILES string of the molecule is COC(=O)N[C@H](C(=O)N1CCC[C@H]1c1ncc(-c2cc(F)c(-c3cc4cc(-c5cnc([C@@H]6CCCN6C(=O)CC(C)C)[nH]5)ccc4o3)c(F)c2)[nH]1)C(C)C. The monoisotopic (exact) mass is 741 g/mol. The number of carbonyl (C=O) groups excluding carboxylic acids is 3. The highest BCUT2D eigenvalue weighted by Crippen LogP contribution is 2.38. The fraction of sp³-hybridized carbons (Fsp3) is 0.425. The van der Waals surface area contributed by atoms with Crippen molar-refractivity contribution in [3.05, 3.63) is 72.1 Å². The van der Waals surface area contributed by atoms with Crippen LogP contribution < -0.4 is 5.32 Å². The van der Waals surface area contributed by atoms with E-state index in [9.17, 15) is 14.4 Å². The van der Waals surface area contributed by atoms with Gasteiger partial charge in [0.15, 0.2) is 0 Å². The number of methoxy groups -OCH3 is 1.